The molecule has 2 aromatic rings. The van der Waals surface area contributed by atoms with Gasteiger partial charge in [-0.15, -0.1) is 0 Å². The molecule has 0 saturated carbocycles. The van der Waals surface area contributed by atoms with Gasteiger partial charge in [0.25, 0.3) is 0 Å². The first-order valence-corrected chi connectivity index (χ1v) is 8.56. The van der Waals surface area contributed by atoms with Gasteiger partial charge in [-0.05, 0) is 42.7 Å². The van der Waals surface area contributed by atoms with Crippen molar-refractivity contribution in [3.8, 4) is 11.5 Å². The van der Waals surface area contributed by atoms with Gasteiger partial charge in [0.2, 0.25) is 0 Å². The van der Waals surface area contributed by atoms with Crippen molar-refractivity contribution in [3.05, 3.63) is 53.6 Å². The summed E-state index contributed by atoms with van der Waals surface area (Å²) in [4.78, 5) is 12.4. The minimum absolute atomic E-state index is 0.124. The fraction of sp³-hybridized carbons (Fsp3) is 0.350. The van der Waals surface area contributed by atoms with Crippen molar-refractivity contribution in [3.63, 3.8) is 0 Å². The number of rotatable bonds is 4. The highest BCUT2D eigenvalue weighted by atomic mass is 16.6. The zero-order chi connectivity index (χ0) is 17.8. The van der Waals surface area contributed by atoms with E-state index in [4.69, 9.17) is 9.47 Å². The molecule has 0 saturated heterocycles. The summed E-state index contributed by atoms with van der Waals surface area (Å²) in [5.41, 5.74) is 2.92. The molecule has 3 rings (SSSR count). The van der Waals surface area contributed by atoms with Gasteiger partial charge >= 0.3 is 6.03 Å². The van der Waals surface area contributed by atoms with Crippen LogP contribution < -0.4 is 20.1 Å². The summed E-state index contributed by atoms with van der Waals surface area (Å²) in [6.07, 6.45) is 0. The van der Waals surface area contributed by atoms with E-state index in [1.54, 1.807) is 0 Å². The molecule has 0 aliphatic carbocycles. The smallest absolute Gasteiger partial charge is 0.319 e. The average Bonchev–Trinajstić information content (AvgIpc) is 2.61. The number of ether oxygens (including phenoxy) is 2. The second kappa shape index (κ2) is 7.47. The number of hydrogen-bond donors (Lipinski definition) is 2. The van der Waals surface area contributed by atoms with Gasteiger partial charge in [-0.2, -0.15) is 0 Å². The lowest BCUT2D eigenvalue weighted by Crippen LogP contribution is -2.35. The SMILES string of the molecule is Cc1ccc(NC(=O)N[C@H](c2ccc3c(c2)OCCO3)C(C)C)cc1. The molecule has 25 heavy (non-hydrogen) atoms. The number of urea groups is 1. The predicted molar refractivity (Wildman–Crippen MR) is 98.3 cm³/mol. The fourth-order valence-electron chi connectivity index (χ4n) is 2.83. The van der Waals surface area contributed by atoms with Crippen LogP contribution in [0.3, 0.4) is 0 Å². The van der Waals surface area contributed by atoms with Crippen molar-refractivity contribution in [2.75, 3.05) is 18.5 Å². The molecular formula is C20H24N2O3. The zero-order valence-corrected chi connectivity index (χ0v) is 14.8. The fourth-order valence-corrected chi connectivity index (χ4v) is 2.83. The third-order valence-electron chi connectivity index (χ3n) is 4.19. The van der Waals surface area contributed by atoms with Crippen LogP contribution in [0.2, 0.25) is 0 Å². The first-order valence-electron chi connectivity index (χ1n) is 8.56. The quantitative estimate of drug-likeness (QED) is 0.873. The van der Waals surface area contributed by atoms with Crippen molar-refractivity contribution in [2.45, 2.75) is 26.8 Å². The van der Waals surface area contributed by atoms with Gasteiger partial charge in [-0.25, -0.2) is 4.79 Å². The van der Waals surface area contributed by atoms with Crippen molar-refractivity contribution < 1.29 is 14.3 Å². The van der Waals surface area contributed by atoms with Gasteiger partial charge in [0.15, 0.2) is 11.5 Å². The highest BCUT2D eigenvalue weighted by Gasteiger charge is 2.21. The highest BCUT2D eigenvalue weighted by Crippen LogP contribution is 2.34. The summed E-state index contributed by atoms with van der Waals surface area (Å²) in [5.74, 6) is 1.71. The van der Waals surface area contributed by atoms with Gasteiger partial charge in [0.1, 0.15) is 13.2 Å². The Balaban J connectivity index is 1.72. The lowest BCUT2D eigenvalue weighted by molar-refractivity contribution is 0.171. The number of carbonyl (C=O) groups is 1. The molecule has 0 aromatic heterocycles. The molecule has 2 amide bonds. The van der Waals surface area contributed by atoms with Crippen LogP contribution >= 0.6 is 0 Å². The first kappa shape index (κ1) is 17.1. The largest absolute Gasteiger partial charge is 0.486 e. The number of aryl methyl sites for hydroxylation is 1. The lowest BCUT2D eigenvalue weighted by atomic mass is 9.95. The van der Waals surface area contributed by atoms with E-state index in [0.717, 1.165) is 28.3 Å². The number of hydrogen-bond acceptors (Lipinski definition) is 3. The van der Waals surface area contributed by atoms with Crippen LogP contribution in [0.25, 0.3) is 0 Å². The molecule has 0 spiro atoms. The number of nitrogens with one attached hydrogen (secondary N) is 2. The summed E-state index contributed by atoms with van der Waals surface area (Å²) in [6.45, 7) is 7.28. The monoisotopic (exact) mass is 340 g/mol. The van der Waals surface area contributed by atoms with Crippen LogP contribution in [-0.4, -0.2) is 19.2 Å². The third kappa shape index (κ3) is 4.24. The number of amides is 2. The number of benzene rings is 2. The first-order chi connectivity index (χ1) is 12.0. The summed E-state index contributed by atoms with van der Waals surface area (Å²) in [7, 11) is 0. The molecule has 5 nitrogen and oxygen atoms in total. The molecule has 1 aliphatic rings. The van der Waals surface area contributed by atoms with E-state index in [1.165, 1.54) is 0 Å². The van der Waals surface area contributed by atoms with E-state index >= 15 is 0 Å². The molecule has 0 bridgehead atoms. The van der Waals surface area contributed by atoms with Gasteiger partial charge in [0.05, 0.1) is 6.04 Å². The summed E-state index contributed by atoms with van der Waals surface area (Å²) in [5, 5.41) is 5.94. The minimum atomic E-state index is -0.225. The van der Waals surface area contributed by atoms with Gasteiger partial charge in [0, 0.05) is 5.69 Å². The molecule has 2 N–H and O–H groups in total. The molecule has 0 unspecified atom stereocenters. The Kier molecular flexibility index (Phi) is 5.12. The molecular weight excluding hydrogens is 316 g/mol. The van der Waals surface area contributed by atoms with Crippen LogP contribution in [0, 0.1) is 12.8 Å². The molecule has 0 radical (unpaired) electrons. The van der Waals surface area contributed by atoms with E-state index < -0.39 is 0 Å². The van der Waals surface area contributed by atoms with Crippen molar-refractivity contribution >= 4 is 11.7 Å². The molecule has 132 valence electrons. The Morgan fingerprint density at radius 2 is 1.68 bits per heavy atom. The minimum Gasteiger partial charge on any atom is -0.486 e. The topological polar surface area (TPSA) is 59.6 Å². The Morgan fingerprint density at radius 1 is 1.00 bits per heavy atom. The molecule has 1 atom stereocenters. The summed E-state index contributed by atoms with van der Waals surface area (Å²) < 4.78 is 11.2. The van der Waals surface area contributed by atoms with Crippen LogP contribution in [-0.2, 0) is 0 Å². The number of carbonyl (C=O) groups excluding carboxylic acids is 1. The average molecular weight is 340 g/mol. The summed E-state index contributed by atoms with van der Waals surface area (Å²) in [6, 6.07) is 13.2. The number of anilines is 1. The third-order valence-corrected chi connectivity index (χ3v) is 4.19. The van der Waals surface area contributed by atoms with E-state index in [1.807, 2.05) is 49.4 Å². The molecule has 1 aliphatic heterocycles. The Morgan fingerprint density at radius 3 is 2.36 bits per heavy atom. The molecule has 2 aromatic carbocycles. The van der Waals surface area contributed by atoms with Gasteiger partial charge < -0.3 is 20.1 Å². The maximum Gasteiger partial charge on any atom is 0.319 e. The second-order valence-electron chi connectivity index (χ2n) is 6.59. The predicted octanol–water partition coefficient (Wildman–Crippen LogP) is 4.29. The lowest BCUT2D eigenvalue weighted by Gasteiger charge is -2.25. The highest BCUT2D eigenvalue weighted by molar-refractivity contribution is 5.89. The van der Waals surface area contributed by atoms with Gasteiger partial charge in [-0.3, -0.25) is 0 Å². The van der Waals surface area contributed by atoms with Crippen molar-refractivity contribution in [2.24, 2.45) is 5.92 Å². The second-order valence-corrected chi connectivity index (χ2v) is 6.59. The number of fused-ring (bicyclic) bond motifs is 1. The van der Waals surface area contributed by atoms with E-state index in [9.17, 15) is 4.79 Å². The van der Waals surface area contributed by atoms with Crippen LogP contribution in [0.15, 0.2) is 42.5 Å². The molecule has 5 heteroatoms. The Labute approximate surface area is 148 Å². The van der Waals surface area contributed by atoms with E-state index in [0.29, 0.717) is 13.2 Å². The summed E-state index contributed by atoms with van der Waals surface area (Å²) >= 11 is 0. The van der Waals surface area contributed by atoms with Crippen LogP contribution in [0.5, 0.6) is 11.5 Å². The maximum absolute atomic E-state index is 12.4. The van der Waals surface area contributed by atoms with Gasteiger partial charge in [-0.1, -0.05) is 37.6 Å². The van der Waals surface area contributed by atoms with Crippen molar-refractivity contribution in [1.29, 1.82) is 0 Å². The molecule has 1 heterocycles. The van der Waals surface area contributed by atoms with Crippen molar-refractivity contribution in [1.82, 2.24) is 5.32 Å². The van der Waals surface area contributed by atoms with Crippen LogP contribution in [0.1, 0.15) is 31.0 Å². The van der Waals surface area contributed by atoms with E-state index in [-0.39, 0.29) is 18.0 Å². The maximum atomic E-state index is 12.4. The molecule has 0 fully saturated rings. The Hall–Kier alpha value is -2.69. The van der Waals surface area contributed by atoms with E-state index in [2.05, 4.69) is 24.5 Å². The standard InChI is InChI=1S/C20H24N2O3/c1-13(2)19(15-6-9-17-18(12-15)25-11-10-24-17)22-20(23)21-16-7-4-14(3)5-8-16/h4-9,12-13,19H,10-11H2,1-3H3,(H2,21,22,23)/t19-/m0/s1. The van der Waals surface area contributed by atoms with Crippen LogP contribution in [0.4, 0.5) is 10.5 Å². The Bertz CT molecular complexity index is 741. The zero-order valence-electron chi connectivity index (χ0n) is 14.8. The normalized spacial score (nSPS) is 14.1.